The Hall–Kier alpha value is -4.64. The van der Waals surface area contributed by atoms with E-state index in [4.69, 9.17) is 19.7 Å². The summed E-state index contributed by atoms with van der Waals surface area (Å²) in [4.78, 5) is 32.9. The summed E-state index contributed by atoms with van der Waals surface area (Å²) in [5.41, 5.74) is 3.54. The van der Waals surface area contributed by atoms with Gasteiger partial charge in [-0.2, -0.15) is 19.7 Å². The van der Waals surface area contributed by atoms with Gasteiger partial charge >= 0.3 is 5.97 Å². The second-order valence-electron chi connectivity index (χ2n) is 8.53. The minimum Gasteiger partial charge on any atom is -0.476 e. The first-order valence-corrected chi connectivity index (χ1v) is 12.0. The van der Waals surface area contributed by atoms with Gasteiger partial charge in [-0.1, -0.05) is 30.3 Å². The summed E-state index contributed by atoms with van der Waals surface area (Å²) in [6.07, 6.45) is 3.47. The van der Waals surface area contributed by atoms with Crippen molar-refractivity contribution in [1.82, 2.24) is 34.3 Å². The standard InChI is InChI=1S/C26H24N8O3/c1-2-33-22(18-8-10-27-11-9-18)28-21-23(32-12-14-37-15-13-32)29-26(30-24(21)33)34-20(16-19(31-34)25(35)36)17-6-4-3-5-7-17/h3-11,16H,2,12-15H2,1H3,(H,35,36). The van der Waals surface area contributed by atoms with Gasteiger partial charge in [-0.3, -0.25) is 4.98 Å². The number of carboxylic acids is 1. The molecule has 1 saturated heterocycles. The zero-order chi connectivity index (χ0) is 25.4. The number of carboxylic acid groups (broad SMARTS) is 1. The zero-order valence-electron chi connectivity index (χ0n) is 20.2. The maximum absolute atomic E-state index is 11.9. The van der Waals surface area contributed by atoms with Crippen LogP contribution in [0, 0.1) is 0 Å². The van der Waals surface area contributed by atoms with Crippen LogP contribution < -0.4 is 4.90 Å². The summed E-state index contributed by atoms with van der Waals surface area (Å²) >= 11 is 0. The number of aryl methyl sites for hydroxylation is 1. The second kappa shape index (κ2) is 9.43. The smallest absolute Gasteiger partial charge is 0.356 e. The van der Waals surface area contributed by atoms with E-state index in [9.17, 15) is 9.90 Å². The number of pyridine rings is 1. The normalized spacial score (nSPS) is 13.8. The second-order valence-corrected chi connectivity index (χ2v) is 8.53. The molecule has 0 atom stereocenters. The Morgan fingerprint density at radius 3 is 2.46 bits per heavy atom. The van der Waals surface area contributed by atoms with E-state index in [0.29, 0.717) is 55.5 Å². The minimum absolute atomic E-state index is 0.0862. The van der Waals surface area contributed by atoms with Crippen LogP contribution in [0.1, 0.15) is 17.4 Å². The number of hydrogen-bond donors (Lipinski definition) is 1. The lowest BCUT2D eigenvalue weighted by molar-refractivity contribution is 0.0690. The fourth-order valence-corrected chi connectivity index (χ4v) is 4.54. The van der Waals surface area contributed by atoms with Crippen molar-refractivity contribution in [3.8, 4) is 28.6 Å². The highest BCUT2D eigenvalue weighted by Gasteiger charge is 2.25. The van der Waals surface area contributed by atoms with Gasteiger partial charge in [-0.15, -0.1) is 0 Å². The van der Waals surface area contributed by atoms with Crippen LogP contribution in [0.2, 0.25) is 0 Å². The number of aromatic nitrogens is 7. The summed E-state index contributed by atoms with van der Waals surface area (Å²) < 4.78 is 9.11. The summed E-state index contributed by atoms with van der Waals surface area (Å²) in [5, 5.41) is 14.1. The minimum atomic E-state index is -1.12. The molecule has 5 heterocycles. The predicted octanol–water partition coefficient (Wildman–Crippen LogP) is 3.30. The highest BCUT2D eigenvalue weighted by Crippen LogP contribution is 2.31. The number of morpholine rings is 1. The van der Waals surface area contributed by atoms with E-state index in [2.05, 4.69) is 15.0 Å². The highest BCUT2D eigenvalue weighted by molar-refractivity contribution is 5.89. The number of rotatable bonds is 6. The molecule has 0 spiro atoms. The molecule has 1 N–H and O–H groups in total. The number of fused-ring (bicyclic) bond motifs is 1. The van der Waals surface area contributed by atoms with Crippen molar-refractivity contribution in [2.75, 3.05) is 31.2 Å². The van der Waals surface area contributed by atoms with Gasteiger partial charge in [0, 0.05) is 43.2 Å². The number of nitrogens with zero attached hydrogens (tertiary/aromatic N) is 8. The molecule has 1 aliphatic rings. The van der Waals surface area contributed by atoms with E-state index in [1.165, 1.54) is 4.68 Å². The first kappa shape index (κ1) is 22.8. The summed E-state index contributed by atoms with van der Waals surface area (Å²) in [6.45, 7) is 5.12. The van der Waals surface area contributed by atoms with E-state index in [1.807, 2.05) is 54.0 Å². The molecule has 186 valence electrons. The van der Waals surface area contributed by atoms with E-state index in [-0.39, 0.29) is 11.6 Å². The van der Waals surface area contributed by atoms with E-state index >= 15 is 0 Å². The molecule has 0 bridgehead atoms. The molecular weight excluding hydrogens is 472 g/mol. The molecular formula is C26H24N8O3. The average Bonchev–Trinajstić information content (AvgIpc) is 3.56. The zero-order valence-corrected chi connectivity index (χ0v) is 20.2. The maximum atomic E-state index is 11.9. The van der Waals surface area contributed by atoms with Crippen molar-refractivity contribution in [3.63, 3.8) is 0 Å². The lowest BCUT2D eigenvalue weighted by atomic mass is 10.1. The summed E-state index contributed by atoms with van der Waals surface area (Å²) in [7, 11) is 0. The number of benzene rings is 1. The van der Waals surface area contributed by atoms with Crippen LogP contribution in [-0.2, 0) is 11.3 Å². The van der Waals surface area contributed by atoms with E-state index < -0.39 is 5.97 Å². The fourth-order valence-electron chi connectivity index (χ4n) is 4.54. The summed E-state index contributed by atoms with van der Waals surface area (Å²) in [6, 6.07) is 14.9. The molecule has 0 radical (unpaired) electrons. The van der Waals surface area contributed by atoms with Gasteiger partial charge in [0.15, 0.2) is 22.7 Å². The van der Waals surface area contributed by atoms with E-state index in [0.717, 1.165) is 17.0 Å². The third kappa shape index (κ3) is 4.08. The molecule has 11 heteroatoms. The Balaban J connectivity index is 1.62. The van der Waals surface area contributed by atoms with Crippen molar-refractivity contribution in [2.24, 2.45) is 0 Å². The Morgan fingerprint density at radius 1 is 1.00 bits per heavy atom. The fraction of sp³-hybridized carbons (Fsp3) is 0.231. The Kier molecular flexibility index (Phi) is 5.81. The van der Waals surface area contributed by atoms with Crippen molar-refractivity contribution in [3.05, 3.63) is 66.6 Å². The van der Waals surface area contributed by atoms with Crippen LogP contribution >= 0.6 is 0 Å². The molecule has 1 aliphatic heterocycles. The monoisotopic (exact) mass is 496 g/mol. The number of carbonyl (C=O) groups is 1. The lowest BCUT2D eigenvalue weighted by Gasteiger charge is -2.28. The van der Waals surface area contributed by atoms with Crippen molar-refractivity contribution >= 4 is 23.0 Å². The molecule has 0 amide bonds. The van der Waals surface area contributed by atoms with Crippen molar-refractivity contribution in [1.29, 1.82) is 0 Å². The van der Waals surface area contributed by atoms with Crippen LogP contribution in [-0.4, -0.2) is 71.7 Å². The van der Waals surface area contributed by atoms with Gasteiger partial charge in [-0.05, 0) is 25.1 Å². The Bertz CT molecular complexity index is 1570. The molecule has 1 aromatic carbocycles. The van der Waals surface area contributed by atoms with Crippen LogP contribution in [0.5, 0.6) is 0 Å². The van der Waals surface area contributed by atoms with Gasteiger partial charge in [0.1, 0.15) is 5.82 Å². The van der Waals surface area contributed by atoms with Gasteiger partial charge in [0.2, 0.25) is 0 Å². The summed E-state index contributed by atoms with van der Waals surface area (Å²) in [5.74, 6) is 0.577. The number of imidazole rings is 1. The van der Waals surface area contributed by atoms with Crippen LogP contribution in [0.3, 0.4) is 0 Å². The third-order valence-electron chi connectivity index (χ3n) is 6.32. The van der Waals surface area contributed by atoms with Crippen LogP contribution in [0.15, 0.2) is 60.9 Å². The average molecular weight is 497 g/mol. The largest absolute Gasteiger partial charge is 0.476 e. The maximum Gasteiger partial charge on any atom is 0.356 e. The molecule has 5 aromatic rings. The predicted molar refractivity (Wildman–Crippen MR) is 137 cm³/mol. The molecule has 0 unspecified atom stereocenters. The van der Waals surface area contributed by atoms with Gasteiger partial charge < -0.3 is 19.3 Å². The molecule has 11 nitrogen and oxygen atoms in total. The first-order chi connectivity index (χ1) is 18.1. The molecule has 1 fully saturated rings. The number of ether oxygens (including phenoxy) is 1. The Labute approximate surface area is 212 Å². The molecule has 0 aliphatic carbocycles. The molecule has 4 aromatic heterocycles. The van der Waals surface area contributed by atoms with Crippen LogP contribution in [0.4, 0.5) is 5.82 Å². The molecule has 6 rings (SSSR count). The quantitative estimate of drug-likeness (QED) is 0.377. The van der Waals surface area contributed by atoms with Crippen LogP contribution in [0.25, 0.3) is 39.8 Å². The van der Waals surface area contributed by atoms with Gasteiger partial charge in [-0.25, -0.2) is 9.78 Å². The van der Waals surface area contributed by atoms with Gasteiger partial charge in [0.25, 0.3) is 5.95 Å². The number of hydrogen-bond acceptors (Lipinski definition) is 8. The number of aromatic carboxylic acids is 1. The topological polar surface area (TPSA) is 124 Å². The van der Waals surface area contributed by atoms with E-state index in [1.54, 1.807) is 18.5 Å². The third-order valence-corrected chi connectivity index (χ3v) is 6.32. The Morgan fingerprint density at radius 2 is 1.76 bits per heavy atom. The van der Waals surface area contributed by atoms with Crippen molar-refractivity contribution < 1.29 is 14.6 Å². The molecule has 37 heavy (non-hydrogen) atoms. The SMILES string of the molecule is CCn1c(-c2ccncc2)nc2c(N3CCOCC3)nc(-n3nc(C(=O)O)cc3-c3ccccc3)nc21. The highest BCUT2D eigenvalue weighted by atomic mass is 16.5. The first-order valence-electron chi connectivity index (χ1n) is 12.0. The lowest BCUT2D eigenvalue weighted by Crippen LogP contribution is -2.37. The van der Waals surface area contributed by atoms with Crippen molar-refractivity contribution in [2.45, 2.75) is 13.5 Å². The molecule has 0 saturated carbocycles. The number of anilines is 1. The van der Waals surface area contributed by atoms with Gasteiger partial charge in [0.05, 0.1) is 18.9 Å².